The molecule has 1 amide bonds. The number of likely N-dealkylation sites (tertiary alicyclic amines) is 1. The van der Waals surface area contributed by atoms with Gasteiger partial charge in [-0.2, -0.15) is 0 Å². The third kappa shape index (κ3) is 5.17. The molecule has 0 spiro atoms. The summed E-state index contributed by atoms with van der Waals surface area (Å²) >= 11 is 3.37. The van der Waals surface area contributed by atoms with Gasteiger partial charge in [-0.3, -0.25) is 9.59 Å². The Morgan fingerprint density at radius 3 is 1.97 bits per heavy atom. The third-order valence-electron chi connectivity index (χ3n) is 5.75. The summed E-state index contributed by atoms with van der Waals surface area (Å²) in [7, 11) is 3.14. The van der Waals surface area contributed by atoms with Crippen molar-refractivity contribution in [2.45, 2.75) is 6.04 Å². The Bertz CT molecular complexity index is 1240. The maximum atomic E-state index is 13.1. The second-order valence-electron chi connectivity index (χ2n) is 7.80. The highest BCUT2D eigenvalue weighted by Crippen LogP contribution is 2.39. The molecule has 1 aliphatic heterocycles. The zero-order valence-electron chi connectivity index (χ0n) is 19.2. The van der Waals surface area contributed by atoms with Crippen LogP contribution in [0.15, 0.2) is 82.8 Å². The molecule has 0 aliphatic carbocycles. The summed E-state index contributed by atoms with van der Waals surface area (Å²) in [6, 6.07) is 20.3. The highest BCUT2D eigenvalue weighted by atomic mass is 79.9. The monoisotopic (exact) mass is 537 g/mol. The molecule has 4 rings (SSSR count). The predicted molar refractivity (Wildman–Crippen MR) is 135 cm³/mol. The van der Waals surface area contributed by atoms with Crippen LogP contribution >= 0.6 is 15.9 Å². The van der Waals surface area contributed by atoms with Crippen LogP contribution in [0, 0.1) is 0 Å². The molecule has 1 saturated heterocycles. The maximum Gasteiger partial charge on any atom is 0.295 e. The summed E-state index contributed by atoms with van der Waals surface area (Å²) in [5.74, 6) is 0.295. The van der Waals surface area contributed by atoms with E-state index in [1.165, 1.54) is 4.90 Å². The molecule has 0 aromatic heterocycles. The molecule has 8 heteroatoms. The predicted octanol–water partition coefficient (Wildman–Crippen LogP) is 4.97. The number of ether oxygens (including phenoxy) is 3. The Labute approximate surface area is 211 Å². The number of benzene rings is 3. The van der Waals surface area contributed by atoms with Crippen molar-refractivity contribution in [3.63, 3.8) is 0 Å². The first-order chi connectivity index (χ1) is 16.9. The lowest BCUT2D eigenvalue weighted by Crippen LogP contribution is -2.33. The molecule has 180 valence electrons. The molecule has 0 bridgehead atoms. The third-order valence-corrected chi connectivity index (χ3v) is 6.28. The lowest BCUT2D eigenvalue weighted by atomic mass is 9.95. The lowest BCUT2D eigenvalue weighted by Gasteiger charge is -2.25. The average Bonchev–Trinajstić information content (AvgIpc) is 3.14. The standard InChI is InChI=1S/C27H24BrNO6/c1-33-20-9-5-17(6-10-20)24-23(25(30)18-3-7-19(28)8-4-18)26(31)27(32)29(24)15-16-35-22-13-11-21(34-2)12-14-22/h3-14,24,30H,15-16H2,1-2H3/b25-23-. The molecule has 1 unspecified atom stereocenters. The van der Waals surface area contributed by atoms with Crippen LogP contribution in [0.5, 0.6) is 17.2 Å². The summed E-state index contributed by atoms with van der Waals surface area (Å²) in [6.45, 7) is 0.300. The van der Waals surface area contributed by atoms with Crippen LogP contribution in [-0.4, -0.2) is 49.1 Å². The van der Waals surface area contributed by atoms with Crippen molar-refractivity contribution in [2.75, 3.05) is 27.4 Å². The van der Waals surface area contributed by atoms with Crippen molar-refractivity contribution in [1.29, 1.82) is 0 Å². The lowest BCUT2D eigenvalue weighted by molar-refractivity contribution is -0.140. The van der Waals surface area contributed by atoms with E-state index in [1.54, 1.807) is 87.0 Å². The number of rotatable bonds is 8. The first-order valence-corrected chi connectivity index (χ1v) is 11.7. The van der Waals surface area contributed by atoms with Gasteiger partial charge in [-0.15, -0.1) is 0 Å². The molecule has 0 saturated carbocycles. The minimum absolute atomic E-state index is 0.0342. The van der Waals surface area contributed by atoms with Gasteiger partial charge in [-0.25, -0.2) is 0 Å². The molecule has 1 N–H and O–H groups in total. The molecule has 3 aromatic rings. The molecule has 0 radical (unpaired) electrons. The number of halogens is 1. The highest BCUT2D eigenvalue weighted by Gasteiger charge is 2.46. The zero-order chi connectivity index (χ0) is 24.9. The number of carbonyl (C=O) groups excluding carboxylic acids is 2. The Balaban J connectivity index is 1.66. The second-order valence-corrected chi connectivity index (χ2v) is 8.71. The minimum Gasteiger partial charge on any atom is -0.507 e. The largest absolute Gasteiger partial charge is 0.507 e. The topological polar surface area (TPSA) is 85.3 Å². The van der Waals surface area contributed by atoms with E-state index >= 15 is 0 Å². The first kappa shape index (κ1) is 24.3. The van der Waals surface area contributed by atoms with E-state index in [-0.39, 0.29) is 24.5 Å². The van der Waals surface area contributed by atoms with Crippen LogP contribution in [-0.2, 0) is 9.59 Å². The molecule has 35 heavy (non-hydrogen) atoms. The number of methoxy groups -OCH3 is 2. The first-order valence-electron chi connectivity index (χ1n) is 10.9. The fraction of sp³-hybridized carbons (Fsp3) is 0.185. The van der Waals surface area contributed by atoms with Crippen LogP contribution in [0.4, 0.5) is 0 Å². The van der Waals surface area contributed by atoms with Crippen molar-refractivity contribution >= 4 is 33.4 Å². The molecule has 1 aliphatic rings. The van der Waals surface area contributed by atoms with Gasteiger partial charge in [0.1, 0.15) is 29.6 Å². The number of nitrogens with zero attached hydrogens (tertiary/aromatic N) is 1. The van der Waals surface area contributed by atoms with E-state index in [0.717, 1.165) is 4.47 Å². The fourth-order valence-corrected chi connectivity index (χ4v) is 4.20. The van der Waals surface area contributed by atoms with Gasteiger partial charge < -0.3 is 24.2 Å². The van der Waals surface area contributed by atoms with Gasteiger partial charge in [0.05, 0.1) is 32.4 Å². The van der Waals surface area contributed by atoms with Crippen LogP contribution in [0.25, 0.3) is 5.76 Å². The van der Waals surface area contributed by atoms with E-state index in [0.29, 0.717) is 28.4 Å². The number of carbonyl (C=O) groups is 2. The van der Waals surface area contributed by atoms with Crippen LogP contribution < -0.4 is 14.2 Å². The summed E-state index contributed by atoms with van der Waals surface area (Å²) in [5.41, 5.74) is 1.15. The van der Waals surface area contributed by atoms with Crippen molar-refractivity contribution in [1.82, 2.24) is 4.90 Å². The Kier molecular flexibility index (Phi) is 7.41. The van der Waals surface area contributed by atoms with E-state index < -0.39 is 17.7 Å². The normalized spacial score (nSPS) is 16.9. The molecule has 3 aromatic carbocycles. The van der Waals surface area contributed by atoms with Gasteiger partial charge in [0, 0.05) is 10.0 Å². The van der Waals surface area contributed by atoms with E-state index in [4.69, 9.17) is 14.2 Å². The summed E-state index contributed by atoms with van der Waals surface area (Å²) in [5, 5.41) is 11.1. The van der Waals surface area contributed by atoms with E-state index in [9.17, 15) is 14.7 Å². The van der Waals surface area contributed by atoms with Gasteiger partial charge in [0.15, 0.2) is 0 Å². The molecule has 1 fully saturated rings. The minimum atomic E-state index is -0.774. The van der Waals surface area contributed by atoms with Gasteiger partial charge in [-0.05, 0) is 54.1 Å². The van der Waals surface area contributed by atoms with Crippen molar-refractivity contribution in [3.05, 3.63) is 94.0 Å². The number of hydrogen-bond acceptors (Lipinski definition) is 6. The van der Waals surface area contributed by atoms with Gasteiger partial charge in [0.2, 0.25) is 0 Å². The number of amides is 1. The van der Waals surface area contributed by atoms with Gasteiger partial charge in [0.25, 0.3) is 11.7 Å². The number of ketones is 1. The number of aliphatic hydroxyl groups excluding tert-OH is 1. The molecular formula is C27H24BrNO6. The number of aliphatic hydroxyl groups is 1. The summed E-state index contributed by atoms with van der Waals surface area (Å²) < 4.78 is 17.0. The Morgan fingerprint density at radius 2 is 1.40 bits per heavy atom. The van der Waals surface area contributed by atoms with Crippen molar-refractivity contribution in [2.24, 2.45) is 0 Å². The Morgan fingerprint density at radius 1 is 0.857 bits per heavy atom. The zero-order valence-corrected chi connectivity index (χ0v) is 20.8. The average molecular weight is 538 g/mol. The molecular weight excluding hydrogens is 514 g/mol. The van der Waals surface area contributed by atoms with Gasteiger partial charge in [-0.1, -0.05) is 40.2 Å². The van der Waals surface area contributed by atoms with Crippen LogP contribution in [0.3, 0.4) is 0 Å². The van der Waals surface area contributed by atoms with Crippen LogP contribution in [0.2, 0.25) is 0 Å². The number of hydrogen-bond donors (Lipinski definition) is 1. The SMILES string of the molecule is COc1ccc(OCCN2C(=O)C(=O)/C(=C(\O)c3ccc(Br)cc3)C2c2ccc(OC)cc2)cc1. The highest BCUT2D eigenvalue weighted by molar-refractivity contribution is 9.10. The van der Waals surface area contributed by atoms with Crippen molar-refractivity contribution in [3.8, 4) is 17.2 Å². The second kappa shape index (κ2) is 10.7. The van der Waals surface area contributed by atoms with E-state index in [1.807, 2.05) is 0 Å². The van der Waals surface area contributed by atoms with Crippen molar-refractivity contribution < 1.29 is 28.9 Å². The van der Waals surface area contributed by atoms with Crippen LogP contribution in [0.1, 0.15) is 17.2 Å². The maximum absolute atomic E-state index is 13.1. The molecule has 1 atom stereocenters. The van der Waals surface area contributed by atoms with E-state index in [2.05, 4.69) is 15.9 Å². The fourth-order valence-electron chi connectivity index (χ4n) is 3.94. The molecule has 1 heterocycles. The van der Waals surface area contributed by atoms with Gasteiger partial charge >= 0.3 is 0 Å². The smallest absolute Gasteiger partial charge is 0.295 e. The quantitative estimate of drug-likeness (QED) is 0.248. The molecule has 7 nitrogen and oxygen atoms in total. The summed E-state index contributed by atoms with van der Waals surface area (Å²) in [6.07, 6.45) is 0. The Hall–Kier alpha value is -3.78. The summed E-state index contributed by atoms with van der Waals surface area (Å²) in [4.78, 5) is 27.6. The number of Topliss-reactive ketones (excluding diaryl/α,β-unsaturated/α-hetero) is 1.